The molecule has 1 N–H and O–H groups in total. The predicted molar refractivity (Wildman–Crippen MR) is 74.7 cm³/mol. The highest BCUT2D eigenvalue weighted by molar-refractivity contribution is 7.99. The van der Waals surface area contributed by atoms with Crippen molar-refractivity contribution in [2.45, 2.75) is 23.1 Å². The maximum absolute atomic E-state index is 10.6. The molecule has 2 aromatic carbocycles. The molecule has 0 heterocycles. The van der Waals surface area contributed by atoms with E-state index in [1.54, 1.807) is 18.2 Å². The Bertz CT molecular complexity index is 596. The van der Waals surface area contributed by atoms with Gasteiger partial charge in [0.25, 0.3) is 5.69 Å². The molecule has 2 aromatic rings. The van der Waals surface area contributed by atoms with Crippen molar-refractivity contribution in [3.05, 3.63) is 58.1 Å². The fraction of sp³-hybridized carbons (Fsp3) is 0.143. The van der Waals surface area contributed by atoms with Gasteiger partial charge in [0.05, 0.1) is 9.82 Å². The first-order valence-corrected chi connectivity index (χ1v) is 6.66. The Kier molecular flexibility index (Phi) is 4.06. The zero-order valence-corrected chi connectivity index (χ0v) is 11.2. The van der Waals surface area contributed by atoms with Crippen LogP contribution in [0, 0.1) is 10.1 Å². The van der Waals surface area contributed by atoms with Gasteiger partial charge in [-0.3, -0.25) is 10.1 Å². The standard InChI is InChI=1S/C14H13NO3S/c1-2-10-3-8-14(13(16)9-10)19-12-6-4-11(5-7-12)15(17)18/h3-9,16H,2H2,1H3. The molecule has 0 spiro atoms. The summed E-state index contributed by atoms with van der Waals surface area (Å²) in [6.45, 7) is 2.03. The fourth-order valence-corrected chi connectivity index (χ4v) is 2.46. The lowest BCUT2D eigenvalue weighted by molar-refractivity contribution is -0.384. The summed E-state index contributed by atoms with van der Waals surface area (Å²) in [5.41, 5.74) is 1.14. The Balaban J connectivity index is 2.19. The van der Waals surface area contributed by atoms with Crippen molar-refractivity contribution in [2.75, 3.05) is 0 Å². The molecule has 0 amide bonds. The Morgan fingerprint density at radius 2 is 1.89 bits per heavy atom. The molecule has 2 rings (SSSR count). The van der Waals surface area contributed by atoms with Gasteiger partial charge < -0.3 is 5.11 Å². The van der Waals surface area contributed by atoms with Crippen LogP contribution in [-0.4, -0.2) is 10.0 Å². The molecular formula is C14H13NO3S. The molecule has 0 saturated carbocycles. The summed E-state index contributed by atoms with van der Waals surface area (Å²) in [7, 11) is 0. The lowest BCUT2D eigenvalue weighted by Gasteiger charge is -2.06. The number of phenolic OH excluding ortho intramolecular Hbond substituents is 1. The first-order chi connectivity index (χ1) is 9.10. The summed E-state index contributed by atoms with van der Waals surface area (Å²) >= 11 is 1.38. The number of hydrogen-bond donors (Lipinski definition) is 1. The van der Waals surface area contributed by atoms with Crippen LogP contribution in [0.25, 0.3) is 0 Å². The van der Waals surface area contributed by atoms with Gasteiger partial charge >= 0.3 is 0 Å². The molecule has 0 aliphatic rings. The number of phenols is 1. The third kappa shape index (κ3) is 3.26. The number of aryl methyl sites for hydroxylation is 1. The van der Waals surface area contributed by atoms with Crippen LogP contribution < -0.4 is 0 Å². The molecule has 0 aromatic heterocycles. The second kappa shape index (κ2) is 5.75. The van der Waals surface area contributed by atoms with Crippen molar-refractivity contribution in [3.63, 3.8) is 0 Å². The molecule has 0 fully saturated rings. The highest BCUT2D eigenvalue weighted by atomic mass is 32.2. The lowest BCUT2D eigenvalue weighted by atomic mass is 10.2. The minimum absolute atomic E-state index is 0.0647. The number of nitrogens with zero attached hydrogens (tertiary/aromatic N) is 1. The lowest BCUT2D eigenvalue weighted by Crippen LogP contribution is -1.86. The molecule has 0 saturated heterocycles. The Labute approximate surface area is 115 Å². The molecule has 5 heteroatoms. The van der Waals surface area contributed by atoms with E-state index >= 15 is 0 Å². The molecule has 19 heavy (non-hydrogen) atoms. The highest BCUT2D eigenvalue weighted by Crippen LogP contribution is 2.35. The van der Waals surface area contributed by atoms with E-state index in [0.717, 1.165) is 21.8 Å². The van der Waals surface area contributed by atoms with E-state index in [0.29, 0.717) is 0 Å². The summed E-state index contributed by atoms with van der Waals surface area (Å²) in [4.78, 5) is 11.7. The average molecular weight is 275 g/mol. The maximum atomic E-state index is 10.6. The van der Waals surface area contributed by atoms with Gasteiger partial charge in [0.1, 0.15) is 5.75 Å². The Morgan fingerprint density at radius 1 is 1.21 bits per heavy atom. The van der Waals surface area contributed by atoms with Gasteiger partial charge in [0, 0.05) is 17.0 Å². The number of benzene rings is 2. The number of hydrogen-bond acceptors (Lipinski definition) is 4. The molecule has 0 atom stereocenters. The number of nitro groups is 1. The number of nitro benzene ring substituents is 1. The van der Waals surface area contributed by atoms with Gasteiger partial charge in [-0.1, -0.05) is 24.8 Å². The monoisotopic (exact) mass is 275 g/mol. The van der Waals surface area contributed by atoms with Crippen molar-refractivity contribution >= 4 is 17.4 Å². The van der Waals surface area contributed by atoms with E-state index in [-0.39, 0.29) is 11.4 Å². The molecule has 0 radical (unpaired) electrons. The minimum Gasteiger partial charge on any atom is -0.507 e. The van der Waals surface area contributed by atoms with Crippen LogP contribution in [0.3, 0.4) is 0 Å². The normalized spacial score (nSPS) is 10.4. The third-order valence-corrected chi connectivity index (χ3v) is 3.78. The van der Waals surface area contributed by atoms with Gasteiger partial charge in [0.15, 0.2) is 0 Å². The number of non-ortho nitro benzene ring substituents is 1. The smallest absolute Gasteiger partial charge is 0.269 e. The van der Waals surface area contributed by atoms with Gasteiger partial charge in [-0.25, -0.2) is 0 Å². The summed E-state index contributed by atoms with van der Waals surface area (Å²) in [6, 6.07) is 11.8. The number of rotatable bonds is 4. The quantitative estimate of drug-likeness (QED) is 0.676. The molecule has 98 valence electrons. The summed E-state index contributed by atoms with van der Waals surface area (Å²) in [5, 5.41) is 20.5. The maximum Gasteiger partial charge on any atom is 0.269 e. The Morgan fingerprint density at radius 3 is 2.42 bits per heavy atom. The summed E-state index contributed by atoms with van der Waals surface area (Å²) in [6.07, 6.45) is 0.871. The van der Waals surface area contributed by atoms with Crippen LogP contribution in [0.1, 0.15) is 12.5 Å². The van der Waals surface area contributed by atoms with Crippen molar-refractivity contribution in [1.29, 1.82) is 0 Å². The zero-order valence-electron chi connectivity index (χ0n) is 10.4. The van der Waals surface area contributed by atoms with Gasteiger partial charge in [-0.15, -0.1) is 0 Å². The second-order valence-electron chi connectivity index (χ2n) is 4.01. The third-order valence-electron chi connectivity index (χ3n) is 2.71. The van der Waals surface area contributed by atoms with Crippen LogP contribution in [-0.2, 0) is 6.42 Å². The average Bonchev–Trinajstić information content (AvgIpc) is 2.41. The first-order valence-electron chi connectivity index (χ1n) is 5.84. The van der Waals surface area contributed by atoms with Crippen LogP contribution in [0.2, 0.25) is 0 Å². The van der Waals surface area contributed by atoms with Crippen LogP contribution in [0.15, 0.2) is 52.3 Å². The van der Waals surface area contributed by atoms with E-state index in [9.17, 15) is 15.2 Å². The van der Waals surface area contributed by atoms with Crippen LogP contribution >= 0.6 is 11.8 Å². The molecule has 0 unspecified atom stereocenters. The molecule has 4 nitrogen and oxygen atoms in total. The van der Waals surface area contributed by atoms with Crippen molar-refractivity contribution in [1.82, 2.24) is 0 Å². The van der Waals surface area contributed by atoms with Gasteiger partial charge in [0.2, 0.25) is 0 Å². The van der Waals surface area contributed by atoms with Crippen molar-refractivity contribution in [3.8, 4) is 5.75 Å². The van der Waals surface area contributed by atoms with Crippen molar-refractivity contribution in [2.24, 2.45) is 0 Å². The van der Waals surface area contributed by atoms with E-state index in [4.69, 9.17) is 0 Å². The molecule has 0 bridgehead atoms. The van der Waals surface area contributed by atoms with Crippen molar-refractivity contribution < 1.29 is 10.0 Å². The van der Waals surface area contributed by atoms with E-state index in [1.165, 1.54) is 23.9 Å². The van der Waals surface area contributed by atoms with E-state index < -0.39 is 4.92 Å². The van der Waals surface area contributed by atoms with E-state index in [1.807, 2.05) is 19.1 Å². The fourth-order valence-electron chi connectivity index (χ4n) is 1.63. The molecular weight excluding hydrogens is 262 g/mol. The second-order valence-corrected chi connectivity index (χ2v) is 5.12. The zero-order chi connectivity index (χ0) is 13.8. The van der Waals surface area contributed by atoms with Crippen LogP contribution in [0.5, 0.6) is 5.75 Å². The molecule has 0 aliphatic carbocycles. The predicted octanol–water partition coefficient (Wildman–Crippen LogP) is 4.01. The SMILES string of the molecule is CCc1ccc(Sc2ccc([N+](=O)[O-])cc2)c(O)c1. The summed E-state index contributed by atoms with van der Waals surface area (Å²) < 4.78 is 0. The highest BCUT2D eigenvalue weighted by Gasteiger charge is 2.07. The number of aromatic hydroxyl groups is 1. The summed E-state index contributed by atoms with van der Waals surface area (Å²) in [5.74, 6) is 0.239. The largest absolute Gasteiger partial charge is 0.507 e. The van der Waals surface area contributed by atoms with Gasteiger partial charge in [-0.05, 0) is 36.2 Å². The van der Waals surface area contributed by atoms with Gasteiger partial charge in [-0.2, -0.15) is 0 Å². The van der Waals surface area contributed by atoms with Crippen LogP contribution in [0.4, 0.5) is 5.69 Å². The Hall–Kier alpha value is -2.01. The van der Waals surface area contributed by atoms with E-state index in [2.05, 4.69) is 0 Å². The first kappa shape index (κ1) is 13.4. The molecule has 0 aliphatic heterocycles. The minimum atomic E-state index is -0.429. The topological polar surface area (TPSA) is 63.4 Å².